The lowest BCUT2D eigenvalue weighted by Crippen LogP contribution is -2.36. The molecule has 0 aliphatic rings. The van der Waals surface area contributed by atoms with E-state index in [9.17, 15) is 9.90 Å². The number of benzene rings is 2. The van der Waals surface area contributed by atoms with Crippen LogP contribution >= 0.6 is 15.9 Å². The predicted molar refractivity (Wildman–Crippen MR) is 102 cm³/mol. The molecule has 0 bridgehead atoms. The van der Waals surface area contributed by atoms with Crippen LogP contribution in [0.1, 0.15) is 30.4 Å². The lowest BCUT2D eigenvalue weighted by Gasteiger charge is -2.25. The number of carbonyl (C=O) groups is 1. The summed E-state index contributed by atoms with van der Waals surface area (Å²) >= 11 is 3.61. The summed E-state index contributed by atoms with van der Waals surface area (Å²) < 4.78 is 6.44. The molecular weight excluding hydrogens is 382 g/mol. The summed E-state index contributed by atoms with van der Waals surface area (Å²) in [5, 5.41) is 12.4. The molecule has 25 heavy (non-hydrogen) atoms. The molecule has 0 fully saturated rings. The van der Waals surface area contributed by atoms with Crippen LogP contribution in [0.15, 0.2) is 59.1 Å². The summed E-state index contributed by atoms with van der Waals surface area (Å²) in [6.07, 6.45) is -0.167. The van der Waals surface area contributed by atoms with Gasteiger partial charge >= 0.3 is 5.97 Å². The maximum Gasteiger partial charge on any atom is 0.336 e. The third-order valence-electron chi connectivity index (χ3n) is 4.12. The molecule has 0 aliphatic heterocycles. The zero-order valence-corrected chi connectivity index (χ0v) is 16.1. The number of carbonyl (C=O) groups excluding carboxylic acids is 1. The SMILES string of the molecule is CNC(CC(Cc1ccccc1Br)c1ccccc1)OC(=O)C(C)O. The van der Waals surface area contributed by atoms with Crippen molar-refractivity contribution in [3.8, 4) is 0 Å². The van der Waals surface area contributed by atoms with Crippen LogP contribution in [0.3, 0.4) is 0 Å². The largest absolute Gasteiger partial charge is 0.445 e. The highest BCUT2D eigenvalue weighted by Crippen LogP contribution is 2.29. The van der Waals surface area contributed by atoms with E-state index < -0.39 is 18.3 Å². The van der Waals surface area contributed by atoms with Crippen LogP contribution in [0, 0.1) is 0 Å². The Morgan fingerprint density at radius 2 is 1.80 bits per heavy atom. The smallest absolute Gasteiger partial charge is 0.336 e. The van der Waals surface area contributed by atoms with E-state index in [0.717, 1.165) is 10.9 Å². The lowest BCUT2D eigenvalue weighted by atomic mass is 9.88. The van der Waals surface area contributed by atoms with Gasteiger partial charge in [-0.1, -0.05) is 64.5 Å². The number of aliphatic hydroxyl groups is 1. The van der Waals surface area contributed by atoms with Crippen molar-refractivity contribution in [2.75, 3.05) is 7.05 Å². The second-order valence-electron chi connectivity index (χ2n) is 6.03. The zero-order valence-electron chi connectivity index (χ0n) is 14.5. The van der Waals surface area contributed by atoms with Gasteiger partial charge in [0, 0.05) is 10.9 Å². The Labute approximate surface area is 157 Å². The first kappa shape index (κ1) is 19.6. The Bertz CT molecular complexity index is 676. The van der Waals surface area contributed by atoms with Gasteiger partial charge in [-0.25, -0.2) is 4.79 Å². The molecule has 134 valence electrons. The first-order valence-corrected chi connectivity index (χ1v) is 9.14. The Kier molecular flexibility index (Phi) is 7.62. The fraction of sp³-hybridized carbons (Fsp3) is 0.350. The highest BCUT2D eigenvalue weighted by Gasteiger charge is 2.23. The number of hydrogen-bond donors (Lipinski definition) is 2. The van der Waals surface area contributed by atoms with Gasteiger partial charge in [-0.2, -0.15) is 0 Å². The number of hydrogen-bond acceptors (Lipinski definition) is 4. The highest BCUT2D eigenvalue weighted by molar-refractivity contribution is 9.10. The summed E-state index contributed by atoms with van der Waals surface area (Å²) in [6.45, 7) is 1.41. The molecule has 2 rings (SSSR count). The molecule has 0 spiro atoms. The monoisotopic (exact) mass is 405 g/mol. The topological polar surface area (TPSA) is 58.6 Å². The van der Waals surface area contributed by atoms with Gasteiger partial charge in [0.1, 0.15) is 6.10 Å². The van der Waals surface area contributed by atoms with E-state index >= 15 is 0 Å². The minimum atomic E-state index is -1.13. The molecule has 2 N–H and O–H groups in total. The molecule has 0 heterocycles. The van der Waals surface area contributed by atoms with E-state index in [1.165, 1.54) is 18.1 Å². The third kappa shape index (κ3) is 5.96. The summed E-state index contributed by atoms with van der Waals surface area (Å²) in [4.78, 5) is 11.7. The normalized spacial score (nSPS) is 14.6. The van der Waals surface area contributed by atoms with Crippen molar-refractivity contribution < 1.29 is 14.6 Å². The average molecular weight is 406 g/mol. The third-order valence-corrected chi connectivity index (χ3v) is 4.89. The lowest BCUT2D eigenvalue weighted by molar-refractivity contribution is -0.160. The van der Waals surface area contributed by atoms with Crippen molar-refractivity contribution in [1.82, 2.24) is 5.32 Å². The van der Waals surface area contributed by atoms with E-state index in [0.29, 0.717) is 6.42 Å². The van der Waals surface area contributed by atoms with E-state index in [1.54, 1.807) is 7.05 Å². The van der Waals surface area contributed by atoms with Crippen LogP contribution in [0.5, 0.6) is 0 Å². The van der Waals surface area contributed by atoms with Crippen LogP contribution in [0.25, 0.3) is 0 Å². The molecule has 0 aliphatic carbocycles. The summed E-state index contributed by atoms with van der Waals surface area (Å²) in [5.41, 5.74) is 2.39. The van der Waals surface area contributed by atoms with Crippen molar-refractivity contribution in [2.45, 2.75) is 38.0 Å². The van der Waals surface area contributed by atoms with Gasteiger partial charge < -0.3 is 9.84 Å². The predicted octanol–water partition coefficient (Wildman–Crippen LogP) is 3.64. The maximum absolute atomic E-state index is 11.7. The number of rotatable bonds is 8. The molecule has 3 atom stereocenters. The van der Waals surface area contributed by atoms with Crippen molar-refractivity contribution in [3.05, 3.63) is 70.2 Å². The summed E-state index contributed by atoms with van der Waals surface area (Å²) in [6, 6.07) is 18.3. The van der Waals surface area contributed by atoms with E-state index in [4.69, 9.17) is 4.74 Å². The van der Waals surface area contributed by atoms with Crippen LogP contribution in [-0.2, 0) is 16.0 Å². The number of esters is 1. The Morgan fingerprint density at radius 1 is 1.16 bits per heavy atom. The first-order chi connectivity index (χ1) is 12.0. The number of aliphatic hydroxyl groups excluding tert-OH is 1. The number of ether oxygens (including phenoxy) is 1. The van der Waals surface area contributed by atoms with Gasteiger partial charge in [0.2, 0.25) is 0 Å². The van der Waals surface area contributed by atoms with Gasteiger partial charge in [-0.3, -0.25) is 5.32 Å². The van der Waals surface area contributed by atoms with Crippen molar-refractivity contribution in [2.24, 2.45) is 0 Å². The fourth-order valence-electron chi connectivity index (χ4n) is 2.71. The molecule has 0 saturated heterocycles. The van der Waals surface area contributed by atoms with Crippen LogP contribution in [0.2, 0.25) is 0 Å². The molecule has 2 aromatic rings. The van der Waals surface area contributed by atoms with E-state index in [2.05, 4.69) is 39.4 Å². The molecular formula is C20H24BrNO3. The standard InChI is InChI=1S/C20H24BrNO3/c1-14(23)20(24)25-19(22-2)13-17(15-8-4-3-5-9-15)12-16-10-6-7-11-18(16)21/h3-11,14,17,19,22-23H,12-13H2,1-2H3. The van der Waals surface area contributed by atoms with Gasteiger partial charge in [-0.15, -0.1) is 0 Å². The molecule has 0 amide bonds. The molecule has 5 heteroatoms. The van der Waals surface area contributed by atoms with Gasteiger partial charge in [0.05, 0.1) is 0 Å². The fourth-order valence-corrected chi connectivity index (χ4v) is 3.16. The Hall–Kier alpha value is -1.69. The van der Waals surface area contributed by atoms with E-state index in [1.807, 2.05) is 36.4 Å². The maximum atomic E-state index is 11.7. The van der Waals surface area contributed by atoms with Gasteiger partial charge in [0.25, 0.3) is 0 Å². The zero-order chi connectivity index (χ0) is 18.2. The van der Waals surface area contributed by atoms with Crippen molar-refractivity contribution >= 4 is 21.9 Å². The molecule has 4 nitrogen and oxygen atoms in total. The van der Waals surface area contributed by atoms with E-state index in [-0.39, 0.29) is 5.92 Å². The van der Waals surface area contributed by atoms with Crippen LogP contribution in [0.4, 0.5) is 0 Å². The second-order valence-corrected chi connectivity index (χ2v) is 6.88. The number of halogens is 1. The Balaban J connectivity index is 2.19. The van der Waals surface area contributed by atoms with Crippen LogP contribution in [-0.4, -0.2) is 30.5 Å². The minimum Gasteiger partial charge on any atom is -0.445 e. The first-order valence-electron chi connectivity index (χ1n) is 8.35. The second kappa shape index (κ2) is 9.70. The quantitative estimate of drug-likeness (QED) is 0.519. The molecule has 0 radical (unpaired) electrons. The van der Waals surface area contributed by atoms with Crippen molar-refractivity contribution in [1.29, 1.82) is 0 Å². The van der Waals surface area contributed by atoms with Gasteiger partial charge in [0.15, 0.2) is 6.23 Å². The van der Waals surface area contributed by atoms with Crippen LogP contribution < -0.4 is 5.32 Å². The molecule has 3 unspecified atom stereocenters. The molecule has 0 aromatic heterocycles. The molecule has 0 saturated carbocycles. The summed E-state index contributed by atoms with van der Waals surface area (Å²) in [7, 11) is 1.75. The summed E-state index contributed by atoms with van der Waals surface area (Å²) in [5.74, 6) is -0.453. The Morgan fingerprint density at radius 3 is 2.40 bits per heavy atom. The van der Waals surface area contributed by atoms with Crippen molar-refractivity contribution in [3.63, 3.8) is 0 Å². The average Bonchev–Trinajstić information content (AvgIpc) is 2.62. The highest BCUT2D eigenvalue weighted by atomic mass is 79.9. The van der Waals surface area contributed by atoms with Gasteiger partial charge in [-0.05, 0) is 43.5 Å². The number of nitrogens with one attached hydrogen (secondary N) is 1. The minimum absolute atomic E-state index is 0.166. The molecule has 2 aromatic carbocycles.